The number of carbonyl (C=O) groups is 2. The Morgan fingerprint density at radius 3 is 2.57 bits per heavy atom. The molecular weight excluding hydrogens is 292 g/mol. The van der Waals surface area contributed by atoms with Gasteiger partial charge in [0, 0.05) is 32.5 Å². The number of carbonyl (C=O) groups excluding carboxylic acids is 2. The van der Waals surface area contributed by atoms with Crippen molar-refractivity contribution in [3.63, 3.8) is 0 Å². The topological polar surface area (TPSA) is 49.9 Å². The summed E-state index contributed by atoms with van der Waals surface area (Å²) < 4.78 is 5.20. The third-order valence-corrected chi connectivity index (χ3v) is 5.05. The summed E-state index contributed by atoms with van der Waals surface area (Å²) in [6, 6.07) is 8.08. The first kappa shape index (κ1) is 15.8. The lowest BCUT2D eigenvalue weighted by atomic mass is 9.94. The average molecular weight is 316 g/mol. The molecule has 0 radical (unpaired) electrons. The predicted octanol–water partition coefficient (Wildman–Crippen LogP) is 2.23. The molecule has 3 rings (SSSR count). The number of hydrogen-bond acceptors (Lipinski definition) is 3. The largest absolute Gasteiger partial charge is 0.497 e. The predicted molar refractivity (Wildman–Crippen MR) is 87.0 cm³/mol. The molecule has 2 heterocycles. The molecule has 2 amide bonds. The van der Waals surface area contributed by atoms with Crippen LogP contribution in [-0.4, -0.2) is 48.9 Å². The van der Waals surface area contributed by atoms with Crippen LogP contribution in [-0.2, 0) is 9.59 Å². The van der Waals surface area contributed by atoms with E-state index in [4.69, 9.17) is 4.74 Å². The Labute approximate surface area is 137 Å². The maximum Gasteiger partial charge on any atom is 0.226 e. The van der Waals surface area contributed by atoms with Gasteiger partial charge in [0.1, 0.15) is 5.75 Å². The number of rotatable bonds is 3. The smallest absolute Gasteiger partial charge is 0.226 e. The summed E-state index contributed by atoms with van der Waals surface area (Å²) in [6.07, 6.45) is 3.12. The highest BCUT2D eigenvalue weighted by molar-refractivity contribution is 5.87. The second kappa shape index (κ2) is 6.60. The van der Waals surface area contributed by atoms with E-state index in [1.165, 1.54) is 0 Å². The van der Waals surface area contributed by atoms with E-state index in [1.807, 2.05) is 29.2 Å². The van der Waals surface area contributed by atoms with Crippen LogP contribution in [0.3, 0.4) is 0 Å². The van der Waals surface area contributed by atoms with Crippen LogP contribution in [0.1, 0.15) is 37.3 Å². The number of benzene rings is 1. The number of nitrogens with zero attached hydrogens (tertiary/aromatic N) is 2. The Morgan fingerprint density at radius 2 is 1.91 bits per heavy atom. The van der Waals surface area contributed by atoms with Crippen LogP contribution in [0.15, 0.2) is 24.3 Å². The first-order chi connectivity index (χ1) is 11.1. The summed E-state index contributed by atoms with van der Waals surface area (Å²) in [5.74, 6) is 0.891. The van der Waals surface area contributed by atoms with Crippen LogP contribution in [0.25, 0.3) is 0 Å². The highest BCUT2D eigenvalue weighted by Crippen LogP contribution is 2.35. The molecule has 2 aliphatic heterocycles. The van der Waals surface area contributed by atoms with Crippen LogP contribution in [0.4, 0.5) is 0 Å². The number of ether oxygens (including phenoxy) is 1. The third kappa shape index (κ3) is 3.19. The van der Waals surface area contributed by atoms with Gasteiger partial charge in [-0.1, -0.05) is 12.1 Å². The number of piperidine rings is 1. The summed E-state index contributed by atoms with van der Waals surface area (Å²) in [5, 5.41) is 0. The molecule has 2 fully saturated rings. The number of amides is 2. The lowest BCUT2D eigenvalue weighted by Crippen LogP contribution is -2.43. The van der Waals surface area contributed by atoms with Crippen molar-refractivity contribution in [2.24, 2.45) is 5.92 Å². The van der Waals surface area contributed by atoms with E-state index in [2.05, 4.69) is 0 Å². The average Bonchev–Trinajstić information content (AvgIpc) is 3.06. The van der Waals surface area contributed by atoms with Gasteiger partial charge in [0.15, 0.2) is 0 Å². The van der Waals surface area contributed by atoms with E-state index in [9.17, 15) is 9.59 Å². The highest BCUT2D eigenvalue weighted by atomic mass is 16.5. The van der Waals surface area contributed by atoms with E-state index >= 15 is 0 Å². The third-order valence-electron chi connectivity index (χ3n) is 5.05. The van der Waals surface area contributed by atoms with E-state index < -0.39 is 0 Å². The molecule has 5 heteroatoms. The molecule has 1 aromatic carbocycles. The van der Waals surface area contributed by atoms with E-state index in [1.54, 1.807) is 19.1 Å². The molecule has 2 saturated heterocycles. The summed E-state index contributed by atoms with van der Waals surface area (Å²) in [5.41, 5.74) is 1.15. The number of likely N-dealkylation sites (tertiary alicyclic amines) is 2. The van der Waals surface area contributed by atoms with Crippen molar-refractivity contribution in [3.8, 4) is 5.75 Å². The van der Waals surface area contributed by atoms with Gasteiger partial charge in [-0.25, -0.2) is 0 Å². The molecule has 2 atom stereocenters. The van der Waals surface area contributed by atoms with Crippen LogP contribution in [0.2, 0.25) is 0 Å². The molecule has 0 saturated carbocycles. The monoisotopic (exact) mass is 316 g/mol. The Balaban J connectivity index is 1.73. The molecule has 0 aromatic heterocycles. The first-order valence-electron chi connectivity index (χ1n) is 8.28. The molecule has 0 unspecified atom stereocenters. The summed E-state index contributed by atoms with van der Waals surface area (Å²) >= 11 is 0. The van der Waals surface area contributed by atoms with E-state index in [-0.39, 0.29) is 23.8 Å². The minimum Gasteiger partial charge on any atom is -0.497 e. The van der Waals surface area contributed by atoms with Gasteiger partial charge in [-0.05, 0) is 37.0 Å². The lowest BCUT2D eigenvalue weighted by molar-refractivity contribution is -0.145. The Morgan fingerprint density at radius 1 is 1.17 bits per heavy atom. The van der Waals surface area contributed by atoms with Crippen molar-refractivity contribution >= 4 is 11.8 Å². The summed E-state index contributed by atoms with van der Waals surface area (Å²) in [4.78, 5) is 28.5. The van der Waals surface area contributed by atoms with Gasteiger partial charge in [0.05, 0.1) is 13.2 Å². The fourth-order valence-corrected chi connectivity index (χ4v) is 3.59. The zero-order valence-electron chi connectivity index (χ0n) is 13.8. The molecule has 0 N–H and O–H groups in total. The molecule has 2 aliphatic rings. The zero-order valence-corrected chi connectivity index (χ0v) is 13.8. The first-order valence-corrected chi connectivity index (χ1v) is 8.28. The maximum absolute atomic E-state index is 12.9. The normalized spacial score (nSPS) is 24.9. The van der Waals surface area contributed by atoms with Crippen LogP contribution in [0.5, 0.6) is 5.75 Å². The summed E-state index contributed by atoms with van der Waals surface area (Å²) in [7, 11) is 3.45. The van der Waals surface area contributed by atoms with E-state index in [0.717, 1.165) is 37.1 Å². The fraction of sp³-hybridized carbons (Fsp3) is 0.556. The minimum absolute atomic E-state index is 0.0785. The van der Waals surface area contributed by atoms with Crippen molar-refractivity contribution in [2.75, 3.05) is 27.2 Å². The standard InChI is InChI=1S/C18H24N2O3/c1-19-11-9-14(12-17(19)21)18(22)20-10-3-4-16(20)13-5-7-15(23-2)8-6-13/h5-8,14,16H,3-4,9-12H2,1-2H3/t14-,16+/m1/s1. The highest BCUT2D eigenvalue weighted by Gasteiger charge is 2.36. The Hall–Kier alpha value is -2.04. The van der Waals surface area contributed by atoms with Gasteiger partial charge in [-0.3, -0.25) is 9.59 Å². The van der Waals surface area contributed by atoms with Gasteiger partial charge in [0.2, 0.25) is 11.8 Å². The van der Waals surface area contributed by atoms with Crippen molar-refractivity contribution in [3.05, 3.63) is 29.8 Å². The molecule has 0 spiro atoms. The molecule has 124 valence electrons. The molecule has 0 bridgehead atoms. The second-order valence-electron chi connectivity index (χ2n) is 6.47. The van der Waals surface area contributed by atoms with E-state index in [0.29, 0.717) is 13.0 Å². The van der Waals surface area contributed by atoms with Crippen LogP contribution >= 0.6 is 0 Å². The van der Waals surface area contributed by atoms with Crippen molar-refractivity contribution in [1.82, 2.24) is 9.80 Å². The molecule has 1 aromatic rings. The van der Waals surface area contributed by atoms with Gasteiger partial charge in [-0.15, -0.1) is 0 Å². The number of hydrogen-bond donors (Lipinski definition) is 0. The molecule has 0 aliphatic carbocycles. The molecular formula is C18H24N2O3. The quantitative estimate of drug-likeness (QED) is 0.859. The Bertz CT molecular complexity index is 584. The van der Waals surface area contributed by atoms with Gasteiger partial charge < -0.3 is 14.5 Å². The molecule has 5 nitrogen and oxygen atoms in total. The Kier molecular flexibility index (Phi) is 4.55. The SMILES string of the molecule is COc1ccc([C@@H]2CCCN2C(=O)[C@@H]2CCN(C)C(=O)C2)cc1. The van der Waals surface area contributed by atoms with Crippen molar-refractivity contribution < 1.29 is 14.3 Å². The fourth-order valence-electron chi connectivity index (χ4n) is 3.59. The van der Waals surface area contributed by atoms with Gasteiger partial charge >= 0.3 is 0 Å². The minimum atomic E-state index is -0.155. The molecule has 23 heavy (non-hydrogen) atoms. The second-order valence-corrected chi connectivity index (χ2v) is 6.47. The van der Waals surface area contributed by atoms with Gasteiger partial charge in [-0.2, -0.15) is 0 Å². The van der Waals surface area contributed by atoms with Crippen molar-refractivity contribution in [2.45, 2.75) is 31.7 Å². The summed E-state index contributed by atoms with van der Waals surface area (Å²) in [6.45, 7) is 1.46. The number of methoxy groups -OCH3 is 1. The zero-order chi connectivity index (χ0) is 16.4. The lowest BCUT2D eigenvalue weighted by Gasteiger charge is -2.33. The van der Waals surface area contributed by atoms with Crippen molar-refractivity contribution in [1.29, 1.82) is 0 Å². The maximum atomic E-state index is 12.9. The van der Waals surface area contributed by atoms with Gasteiger partial charge in [0.25, 0.3) is 0 Å². The van der Waals surface area contributed by atoms with Crippen LogP contribution in [0, 0.1) is 5.92 Å². The van der Waals surface area contributed by atoms with Crippen LogP contribution < -0.4 is 4.74 Å².